The molecule has 2 amide bonds. The summed E-state index contributed by atoms with van der Waals surface area (Å²) in [5.41, 5.74) is 2.45. The van der Waals surface area contributed by atoms with E-state index in [1.807, 2.05) is 4.90 Å². The molecular weight excluding hydrogens is 322 g/mol. The number of piperidine rings is 1. The van der Waals surface area contributed by atoms with E-state index in [9.17, 15) is 4.79 Å². The maximum atomic E-state index is 12.0. The van der Waals surface area contributed by atoms with Gasteiger partial charge in [-0.3, -0.25) is 9.30 Å². The molecule has 0 atom stereocenters. The van der Waals surface area contributed by atoms with Crippen LogP contribution in [-0.2, 0) is 6.54 Å². The lowest BCUT2D eigenvalue weighted by Crippen LogP contribution is -2.54. The first-order valence-corrected chi connectivity index (χ1v) is 9.64. The standard InChI is InChI=1S/C17H25N5OS/c1-12-10-22-15(13(2)19-17(22)24-12)11-20-8-4-14(5-9-20)21-7-3-6-18-16(21)23/h10,14H,3-9,11H2,1-2H3,(H,18,23). The van der Waals surface area contributed by atoms with Crippen molar-refractivity contribution in [2.75, 3.05) is 26.2 Å². The number of hydrogen-bond donors (Lipinski definition) is 1. The van der Waals surface area contributed by atoms with Gasteiger partial charge in [0.05, 0.1) is 11.4 Å². The molecule has 2 fully saturated rings. The number of carbonyl (C=O) groups is 1. The van der Waals surface area contributed by atoms with Gasteiger partial charge in [0.15, 0.2) is 4.96 Å². The van der Waals surface area contributed by atoms with Crippen molar-refractivity contribution >= 4 is 22.3 Å². The van der Waals surface area contributed by atoms with Crippen molar-refractivity contribution in [1.29, 1.82) is 0 Å². The average Bonchev–Trinajstić information content (AvgIpc) is 3.06. The monoisotopic (exact) mass is 347 g/mol. The van der Waals surface area contributed by atoms with Gasteiger partial charge in [-0.05, 0) is 33.1 Å². The number of fused-ring (bicyclic) bond motifs is 1. The second-order valence-electron chi connectivity index (χ2n) is 6.92. The van der Waals surface area contributed by atoms with Crippen LogP contribution in [0.25, 0.3) is 4.96 Å². The van der Waals surface area contributed by atoms with E-state index in [0.717, 1.165) is 62.6 Å². The van der Waals surface area contributed by atoms with Gasteiger partial charge < -0.3 is 10.2 Å². The Morgan fingerprint density at radius 2 is 2.08 bits per heavy atom. The number of aryl methyl sites for hydroxylation is 2. The maximum Gasteiger partial charge on any atom is 0.317 e. The second-order valence-corrected chi connectivity index (χ2v) is 8.14. The first-order chi connectivity index (χ1) is 11.6. The Morgan fingerprint density at radius 1 is 1.29 bits per heavy atom. The van der Waals surface area contributed by atoms with Gasteiger partial charge in [-0.2, -0.15) is 0 Å². The summed E-state index contributed by atoms with van der Waals surface area (Å²) < 4.78 is 2.25. The molecule has 1 N–H and O–H groups in total. The predicted octanol–water partition coefficient (Wildman–Crippen LogP) is 2.39. The van der Waals surface area contributed by atoms with Gasteiger partial charge in [0.25, 0.3) is 0 Å². The quantitative estimate of drug-likeness (QED) is 0.927. The molecule has 6 nitrogen and oxygen atoms in total. The molecule has 0 spiro atoms. The van der Waals surface area contributed by atoms with Gasteiger partial charge in [-0.25, -0.2) is 9.78 Å². The van der Waals surface area contributed by atoms with Crippen LogP contribution >= 0.6 is 11.3 Å². The van der Waals surface area contributed by atoms with Crippen LogP contribution in [0.3, 0.4) is 0 Å². The molecule has 7 heteroatoms. The highest BCUT2D eigenvalue weighted by Gasteiger charge is 2.29. The summed E-state index contributed by atoms with van der Waals surface area (Å²) in [6, 6.07) is 0.526. The van der Waals surface area contributed by atoms with Gasteiger partial charge in [0, 0.05) is 49.8 Å². The number of likely N-dealkylation sites (tertiary alicyclic amines) is 1. The van der Waals surface area contributed by atoms with Crippen molar-refractivity contribution in [3.63, 3.8) is 0 Å². The minimum absolute atomic E-state index is 0.127. The highest BCUT2D eigenvalue weighted by Crippen LogP contribution is 2.24. The van der Waals surface area contributed by atoms with Crippen LogP contribution in [0.2, 0.25) is 0 Å². The van der Waals surface area contributed by atoms with Crippen molar-refractivity contribution < 1.29 is 4.79 Å². The molecule has 130 valence electrons. The smallest absolute Gasteiger partial charge is 0.317 e. The van der Waals surface area contributed by atoms with E-state index >= 15 is 0 Å². The molecule has 0 saturated carbocycles. The number of carbonyl (C=O) groups excluding carboxylic acids is 1. The summed E-state index contributed by atoms with van der Waals surface area (Å²) in [5.74, 6) is 0. The number of thiazole rings is 1. The van der Waals surface area contributed by atoms with E-state index < -0.39 is 0 Å². The average molecular weight is 347 g/mol. The summed E-state index contributed by atoms with van der Waals surface area (Å²) in [6.45, 7) is 9.01. The molecule has 2 aromatic heterocycles. The largest absolute Gasteiger partial charge is 0.338 e. The number of aromatic nitrogens is 2. The Kier molecular flexibility index (Phi) is 4.22. The number of urea groups is 1. The summed E-state index contributed by atoms with van der Waals surface area (Å²) in [4.78, 5) is 23.7. The maximum absolute atomic E-state index is 12.0. The number of rotatable bonds is 3. The summed E-state index contributed by atoms with van der Waals surface area (Å²) in [6.07, 6.45) is 5.39. The normalized spacial score (nSPS) is 20.8. The molecule has 2 aliphatic heterocycles. The zero-order valence-electron chi connectivity index (χ0n) is 14.4. The van der Waals surface area contributed by atoms with E-state index in [1.54, 1.807) is 11.3 Å². The molecule has 2 aliphatic rings. The Balaban J connectivity index is 1.40. The zero-order chi connectivity index (χ0) is 16.7. The molecule has 0 aliphatic carbocycles. The van der Waals surface area contributed by atoms with E-state index in [4.69, 9.17) is 4.98 Å². The van der Waals surface area contributed by atoms with E-state index in [0.29, 0.717) is 6.04 Å². The minimum atomic E-state index is 0.127. The molecule has 0 bridgehead atoms. The highest BCUT2D eigenvalue weighted by molar-refractivity contribution is 7.17. The van der Waals surface area contributed by atoms with Crippen molar-refractivity contribution in [2.24, 2.45) is 0 Å². The molecule has 2 saturated heterocycles. The van der Waals surface area contributed by atoms with Gasteiger partial charge in [0.1, 0.15) is 0 Å². The topological polar surface area (TPSA) is 52.9 Å². The lowest BCUT2D eigenvalue weighted by molar-refractivity contribution is 0.108. The Bertz CT molecular complexity index is 744. The van der Waals surface area contributed by atoms with Crippen LogP contribution in [0.5, 0.6) is 0 Å². The Morgan fingerprint density at radius 3 is 2.83 bits per heavy atom. The molecule has 4 rings (SSSR count). The fourth-order valence-corrected chi connectivity index (χ4v) is 4.79. The summed E-state index contributed by atoms with van der Waals surface area (Å²) in [5, 5.41) is 2.97. The van der Waals surface area contributed by atoms with Crippen molar-refractivity contribution in [3.05, 3.63) is 22.5 Å². The van der Waals surface area contributed by atoms with Crippen LogP contribution in [0, 0.1) is 13.8 Å². The SMILES string of the molecule is Cc1cn2c(CN3CCC(N4CCCNC4=O)CC3)c(C)nc2s1. The van der Waals surface area contributed by atoms with Gasteiger partial charge in [-0.15, -0.1) is 11.3 Å². The molecule has 2 aromatic rings. The highest BCUT2D eigenvalue weighted by atomic mass is 32.1. The van der Waals surface area contributed by atoms with Crippen molar-refractivity contribution in [3.8, 4) is 0 Å². The van der Waals surface area contributed by atoms with Crippen LogP contribution in [0.15, 0.2) is 6.20 Å². The van der Waals surface area contributed by atoms with E-state index in [-0.39, 0.29) is 6.03 Å². The van der Waals surface area contributed by atoms with Crippen LogP contribution in [-0.4, -0.2) is 57.4 Å². The molecular formula is C17H25N5OS. The number of nitrogens with one attached hydrogen (secondary N) is 1. The van der Waals surface area contributed by atoms with Crippen LogP contribution in [0.1, 0.15) is 35.5 Å². The van der Waals surface area contributed by atoms with Gasteiger partial charge >= 0.3 is 6.03 Å². The molecule has 0 radical (unpaired) electrons. The molecule has 24 heavy (non-hydrogen) atoms. The lowest BCUT2D eigenvalue weighted by Gasteiger charge is -2.40. The number of nitrogens with zero attached hydrogens (tertiary/aromatic N) is 4. The van der Waals surface area contributed by atoms with Crippen LogP contribution in [0.4, 0.5) is 4.79 Å². The second kappa shape index (κ2) is 6.37. The van der Waals surface area contributed by atoms with E-state index in [2.05, 4.69) is 34.7 Å². The lowest BCUT2D eigenvalue weighted by atomic mass is 10.0. The third-order valence-corrected chi connectivity index (χ3v) is 6.12. The third kappa shape index (κ3) is 2.91. The zero-order valence-corrected chi connectivity index (χ0v) is 15.2. The Hall–Kier alpha value is -1.60. The minimum Gasteiger partial charge on any atom is -0.338 e. The third-order valence-electron chi connectivity index (χ3n) is 5.23. The van der Waals surface area contributed by atoms with Crippen molar-refractivity contribution in [1.82, 2.24) is 24.5 Å². The number of amides is 2. The predicted molar refractivity (Wildman–Crippen MR) is 95.6 cm³/mol. The summed E-state index contributed by atoms with van der Waals surface area (Å²) >= 11 is 1.75. The van der Waals surface area contributed by atoms with Gasteiger partial charge in [0.2, 0.25) is 0 Å². The molecule has 0 unspecified atom stereocenters. The first kappa shape index (κ1) is 15.9. The number of hydrogen-bond acceptors (Lipinski definition) is 4. The van der Waals surface area contributed by atoms with Gasteiger partial charge in [-0.1, -0.05) is 0 Å². The molecule has 4 heterocycles. The van der Waals surface area contributed by atoms with E-state index in [1.165, 1.54) is 10.6 Å². The van der Waals surface area contributed by atoms with Crippen LogP contribution < -0.4 is 5.32 Å². The van der Waals surface area contributed by atoms with Crippen molar-refractivity contribution in [2.45, 2.75) is 45.7 Å². The number of imidazole rings is 1. The fraction of sp³-hybridized carbons (Fsp3) is 0.647. The summed E-state index contributed by atoms with van der Waals surface area (Å²) in [7, 11) is 0. The first-order valence-electron chi connectivity index (χ1n) is 8.82. The Labute approximate surface area is 146 Å². The fourth-order valence-electron chi connectivity index (χ4n) is 3.90. The molecule has 0 aromatic carbocycles.